The molecular formula is C23H23NO6. The molecule has 2 aromatic carbocycles. The fourth-order valence-electron chi connectivity index (χ4n) is 3.50. The Balaban J connectivity index is 1.35. The summed E-state index contributed by atoms with van der Waals surface area (Å²) in [5.74, 6) is 0.437. The van der Waals surface area contributed by atoms with Crippen molar-refractivity contribution >= 4 is 17.4 Å². The maximum absolute atomic E-state index is 12.5. The van der Waals surface area contributed by atoms with Crippen molar-refractivity contribution in [2.75, 3.05) is 40.0 Å². The number of ether oxygens (including phenoxy) is 4. The Hall–Kier alpha value is -3.48. The molecular weight excluding hydrogens is 386 g/mol. The summed E-state index contributed by atoms with van der Waals surface area (Å²) in [7, 11) is 1.49. The lowest BCUT2D eigenvalue weighted by atomic mass is 10.00. The summed E-state index contributed by atoms with van der Waals surface area (Å²) in [6.07, 6.45) is 2.81. The van der Waals surface area contributed by atoms with Gasteiger partial charge in [0, 0.05) is 13.1 Å². The Morgan fingerprint density at radius 1 is 1.10 bits per heavy atom. The summed E-state index contributed by atoms with van der Waals surface area (Å²) in [4.78, 5) is 26.6. The van der Waals surface area contributed by atoms with Gasteiger partial charge in [-0.15, -0.1) is 0 Å². The van der Waals surface area contributed by atoms with Gasteiger partial charge in [0.1, 0.15) is 13.2 Å². The Morgan fingerprint density at radius 3 is 2.63 bits per heavy atom. The minimum atomic E-state index is -0.615. The van der Waals surface area contributed by atoms with Crippen LogP contribution in [0.2, 0.25) is 0 Å². The molecule has 0 atom stereocenters. The predicted octanol–water partition coefficient (Wildman–Crippen LogP) is 2.94. The molecule has 2 aliphatic rings. The van der Waals surface area contributed by atoms with E-state index >= 15 is 0 Å². The van der Waals surface area contributed by atoms with Crippen LogP contribution in [0.1, 0.15) is 22.3 Å². The molecule has 0 aromatic heterocycles. The molecule has 2 aromatic rings. The first-order chi connectivity index (χ1) is 14.7. The highest BCUT2D eigenvalue weighted by Crippen LogP contribution is 2.40. The van der Waals surface area contributed by atoms with Gasteiger partial charge in [-0.1, -0.05) is 36.4 Å². The number of nitrogens with zero attached hydrogens (tertiary/aromatic N) is 1. The van der Waals surface area contributed by atoms with Crippen LogP contribution < -0.4 is 14.2 Å². The number of hydrogen-bond donors (Lipinski definition) is 0. The summed E-state index contributed by atoms with van der Waals surface area (Å²) in [5, 5.41) is 0. The molecule has 0 spiro atoms. The second kappa shape index (κ2) is 8.90. The number of esters is 1. The van der Waals surface area contributed by atoms with Gasteiger partial charge in [0.15, 0.2) is 18.1 Å². The summed E-state index contributed by atoms with van der Waals surface area (Å²) in [6, 6.07) is 13.2. The normalized spacial score (nSPS) is 15.2. The van der Waals surface area contributed by atoms with Crippen molar-refractivity contribution in [2.24, 2.45) is 0 Å². The molecule has 0 aliphatic carbocycles. The van der Waals surface area contributed by atoms with E-state index in [-0.39, 0.29) is 18.1 Å². The van der Waals surface area contributed by atoms with Crippen molar-refractivity contribution in [3.63, 3.8) is 0 Å². The lowest BCUT2D eigenvalue weighted by molar-refractivity contribution is -0.134. The SMILES string of the molecule is COc1cc(C(=O)OCC(=O)N2CC=C(c3ccccc3)CC2)cc2c1OCCO2. The third-order valence-corrected chi connectivity index (χ3v) is 5.10. The van der Waals surface area contributed by atoms with E-state index in [0.717, 1.165) is 6.42 Å². The molecule has 7 nitrogen and oxygen atoms in total. The molecule has 0 fully saturated rings. The average Bonchev–Trinajstić information content (AvgIpc) is 2.82. The van der Waals surface area contributed by atoms with Gasteiger partial charge in [-0.2, -0.15) is 0 Å². The van der Waals surface area contributed by atoms with Crippen molar-refractivity contribution < 1.29 is 28.5 Å². The van der Waals surface area contributed by atoms with Gasteiger partial charge in [-0.05, 0) is 29.7 Å². The monoisotopic (exact) mass is 409 g/mol. The summed E-state index contributed by atoms with van der Waals surface area (Å²) in [5.41, 5.74) is 2.64. The molecule has 7 heteroatoms. The van der Waals surface area contributed by atoms with E-state index < -0.39 is 5.97 Å². The first kappa shape index (κ1) is 19.8. The zero-order valence-corrected chi connectivity index (χ0v) is 16.8. The second-order valence-corrected chi connectivity index (χ2v) is 6.96. The molecule has 0 unspecified atom stereocenters. The third kappa shape index (κ3) is 4.25. The highest BCUT2D eigenvalue weighted by Gasteiger charge is 2.23. The number of carbonyl (C=O) groups excluding carboxylic acids is 2. The lowest BCUT2D eigenvalue weighted by Crippen LogP contribution is -2.37. The lowest BCUT2D eigenvalue weighted by Gasteiger charge is -2.26. The largest absolute Gasteiger partial charge is 0.493 e. The minimum absolute atomic E-state index is 0.226. The van der Waals surface area contributed by atoms with Gasteiger partial charge >= 0.3 is 5.97 Å². The predicted molar refractivity (Wildman–Crippen MR) is 110 cm³/mol. The molecule has 0 N–H and O–H groups in total. The van der Waals surface area contributed by atoms with Gasteiger partial charge in [0.05, 0.1) is 12.7 Å². The van der Waals surface area contributed by atoms with E-state index in [1.807, 2.05) is 24.3 Å². The zero-order valence-electron chi connectivity index (χ0n) is 16.8. The number of amides is 1. The fraction of sp³-hybridized carbons (Fsp3) is 0.304. The first-order valence-electron chi connectivity index (χ1n) is 9.82. The number of carbonyl (C=O) groups is 2. The highest BCUT2D eigenvalue weighted by molar-refractivity contribution is 5.93. The zero-order chi connectivity index (χ0) is 20.9. The van der Waals surface area contributed by atoms with Crippen LogP contribution in [-0.4, -0.2) is 56.8 Å². The van der Waals surface area contributed by atoms with Crippen molar-refractivity contribution in [3.8, 4) is 17.2 Å². The van der Waals surface area contributed by atoms with Crippen LogP contribution >= 0.6 is 0 Å². The smallest absolute Gasteiger partial charge is 0.338 e. The number of methoxy groups -OCH3 is 1. The molecule has 1 amide bonds. The van der Waals surface area contributed by atoms with E-state index in [9.17, 15) is 9.59 Å². The summed E-state index contributed by atoms with van der Waals surface area (Å²) in [6.45, 7) is 1.58. The van der Waals surface area contributed by atoms with E-state index in [4.69, 9.17) is 18.9 Å². The maximum Gasteiger partial charge on any atom is 0.338 e. The van der Waals surface area contributed by atoms with Crippen LogP contribution in [-0.2, 0) is 9.53 Å². The number of hydrogen-bond acceptors (Lipinski definition) is 6. The standard InChI is InChI=1S/C23H23NO6/c1-27-19-13-18(14-20-22(19)29-12-11-28-20)23(26)30-15-21(25)24-9-7-17(8-10-24)16-5-3-2-4-6-16/h2-7,13-14H,8-12,15H2,1H3. The molecule has 0 saturated heterocycles. The quantitative estimate of drug-likeness (QED) is 0.707. The average molecular weight is 409 g/mol. The van der Waals surface area contributed by atoms with Crippen LogP contribution in [0, 0.1) is 0 Å². The van der Waals surface area contributed by atoms with Crippen LogP contribution in [0.15, 0.2) is 48.5 Å². The minimum Gasteiger partial charge on any atom is -0.493 e. The van der Waals surface area contributed by atoms with Crippen LogP contribution in [0.25, 0.3) is 5.57 Å². The second-order valence-electron chi connectivity index (χ2n) is 6.96. The van der Waals surface area contributed by atoms with Crippen LogP contribution in [0.3, 0.4) is 0 Å². The van der Waals surface area contributed by atoms with Crippen molar-refractivity contribution in [2.45, 2.75) is 6.42 Å². The number of benzene rings is 2. The van der Waals surface area contributed by atoms with Crippen molar-refractivity contribution in [1.82, 2.24) is 4.90 Å². The molecule has 0 saturated carbocycles. The van der Waals surface area contributed by atoms with Crippen LogP contribution in [0.4, 0.5) is 0 Å². The van der Waals surface area contributed by atoms with Gasteiger partial charge < -0.3 is 23.8 Å². The topological polar surface area (TPSA) is 74.3 Å². The van der Waals surface area contributed by atoms with Crippen molar-refractivity contribution in [1.29, 1.82) is 0 Å². The van der Waals surface area contributed by atoms with E-state index in [1.165, 1.54) is 24.3 Å². The number of rotatable bonds is 5. The molecule has 4 rings (SSSR count). The van der Waals surface area contributed by atoms with Gasteiger partial charge in [-0.3, -0.25) is 4.79 Å². The Morgan fingerprint density at radius 2 is 1.90 bits per heavy atom. The molecule has 156 valence electrons. The Kier molecular flexibility index (Phi) is 5.88. The van der Waals surface area contributed by atoms with E-state index in [0.29, 0.717) is 43.6 Å². The van der Waals surface area contributed by atoms with Gasteiger partial charge in [0.2, 0.25) is 5.75 Å². The fourth-order valence-corrected chi connectivity index (χ4v) is 3.50. The Labute approximate surface area is 174 Å². The van der Waals surface area contributed by atoms with E-state index in [2.05, 4.69) is 12.1 Å². The maximum atomic E-state index is 12.5. The molecule has 2 heterocycles. The van der Waals surface area contributed by atoms with Gasteiger partial charge in [-0.25, -0.2) is 4.79 Å². The summed E-state index contributed by atoms with van der Waals surface area (Å²) < 4.78 is 21.6. The number of fused-ring (bicyclic) bond motifs is 1. The van der Waals surface area contributed by atoms with Gasteiger partial charge in [0.25, 0.3) is 5.91 Å². The van der Waals surface area contributed by atoms with Crippen molar-refractivity contribution in [3.05, 3.63) is 59.7 Å². The summed E-state index contributed by atoms with van der Waals surface area (Å²) >= 11 is 0. The first-order valence-corrected chi connectivity index (χ1v) is 9.82. The van der Waals surface area contributed by atoms with Crippen LogP contribution in [0.5, 0.6) is 17.2 Å². The van der Waals surface area contributed by atoms with E-state index in [1.54, 1.807) is 11.0 Å². The Bertz CT molecular complexity index is 952. The third-order valence-electron chi connectivity index (χ3n) is 5.10. The highest BCUT2D eigenvalue weighted by atomic mass is 16.6. The molecule has 30 heavy (non-hydrogen) atoms. The molecule has 0 bridgehead atoms. The molecule has 0 radical (unpaired) electrons. The molecule has 2 aliphatic heterocycles.